The molecule has 0 saturated heterocycles. The number of hydrogen-bond acceptors (Lipinski definition) is 5. The predicted octanol–water partition coefficient (Wildman–Crippen LogP) is 3.77. The standard InChI is InChI=1S/C24H25ClN2O4/c1-3-17-13-24(17,23(29)30-4-2)27-22(28)21-11-16-10-20(9-8-15(16)14-26-21)31-19-7-5-6-18(25)12-19/h3,5-10,12,17,21,26H,1,4,11,13-14H2,2H3,(H,27,28). The lowest BCUT2D eigenvalue weighted by Crippen LogP contribution is -2.54. The SMILES string of the molecule is C=CC1CC1(NC(=O)C1Cc2cc(Oc3cccc(Cl)c3)ccc2CN1)C(=O)OCC. The fourth-order valence-corrected chi connectivity index (χ4v) is 4.15. The molecule has 4 rings (SSSR count). The zero-order valence-electron chi connectivity index (χ0n) is 17.3. The quantitative estimate of drug-likeness (QED) is 0.506. The van der Waals surface area contributed by atoms with Crippen molar-refractivity contribution in [3.05, 3.63) is 71.3 Å². The Bertz CT molecular complexity index is 1020. The Morgan fingerprint density at radius 1 is 1.26 bits per heavy atom. The van der Waals surface area contributed by atoms with Gasteiger partial charge < -0.3 is 20.1 Å². The molecule has 0 radical (unpaired) electrons. The van der Waals surface area contributed by atoms with Crippen molar-refractivity contribution < 1.29 is 19.1 Å². The van der Waals surface area contributed by atoms with E-state index in [1.54, 1.807) is 25.1 Å². The summed E-state index contributed by atoms with van der Waals surface area (Å²) in [5.74, 6) is 0.602. The van der Waals surface area contributed by atoms with Gasteiger partial charge in [0.1, 0.15) is 17.0 Å². The molecule has 1 saturated carbocycles. The van der Waals surface area contributed by atoms with E-state index in [9.17, 15) is 9.59 Å². The van der Waals surface area contributed by atoms with Gasteiger partial charge in [-0.05, 0) is 61.2 Å². The molecule has 0 aromatic heterocycles. The largest absolute Gasteiger partial charge is 0.464 e. The molecule has 6 nitrogen and oxygen atoms in total. The number of amides is 1. The molecule has 1 amide bonds. The van der Waals surface area contributed by atoms with Crippen LogP contribution in [-0.2, 0) is 27.3 Å². The lowest BCUT2D eigenvalue weighted by Gasteiger charge is -2.27. The van der Waals surface area contributed by atoms with Crippen molar-refractivity contribution in [2.45, 2.75) is 37.9 Å². The highest BCUT2D eigenvalue weighted by molar-refractivity contribution is 6.30. The Morgan fingerprint density at radius 2 is 2.06 bits per heavy atom. The molecule has 2 N–H and O–H groups in total. The molecular weight excluding hydrogens is 416 g/mol. The minimum absolute atomic E-state index is 0.107. The Balaban J connectivity index is 1.46. The molecular formula is C24H25ClN2O4. The molecule has 1 aliphatic heterocycles. The van der Waals surface area contributed by atoms with Gasteiger partial charge in [0.2, 0.25) is 5.91 Å². The zero-order valence-corrected chi connectivity index (χ0v) is 18.1. The van der Waals surface area contributed by atoms with Crippen molar-refractivity contribution in [3.8, 4) is 11.5 Å². The molecule has 1 aliphatic carbocycles. The van der Waals surface area contributed by atoms with Gasteiger partial charge in [-0.25, -0.2) is 4.79 Å². The summed E-state index contributed by atoms with van der Waals surface area (Å²) in [6, 6.07) is 12.6. The van der Waals surface area contributed by atoms with E-state index in [0.717, 1.165) is 11.1 Å². The number of carbonyl (C=O) groups excluding carboxylic acids is 2. The Labute approximate surface area is 186 Å². The van der Waals surface area contributed by atoms with Gasteiger partial charge in [0.15, 0.2) is 0 Å². The maximum atomic E-state index is 13.0. The van der Waals surface area contributed by atoms with Crippen LogP contribution in [-0.4, -0.2) is 30.1 Å². The highest BCUT2D eigenvalue weighted by atomic mass is 35.5. The normalized spacial score (nSPS) is 23.9. The van der Waals surface area contributed by atoms with E-state index in [0.29, 0.717) is 35.9 Å². The lowest BCUT2D eigenvalue weighted by atomic mass is 9.94. The second kappa shape index (κ2) is 8.73. The van der Waals surface area contributed by atoms with E-state index in [1.807, 2.05) is 30.3 Å². The van der Waals surface area contributed by atoms with Gasteiger partial charge in [-0.3, -0.25) is 4.79 Å². The highest BCUT2D eigenvalue weighted by Crippen LogP contribution is 2.45. The van der Waals surface area contributed by atoms with Crippen molar-refractivity contribution >= 4 is 23.5 Å². The first kappa shape index (κ1) is 21.4. The number of ether oxygens (including phenoxy) is 2. The van der Waals surface area contributed by atoms with Crippen LogP contribution in [0.2, 0.25) is 5.02 Å². The van der Waals surface area contributed by atoms with E-state index in [2.05, 4.69) is 17.2 Å². The van der Waals surface area contributed by atoms with E-state index in [4.69, 9.17) is 21.1 Å². The monoisotopic (exact) mass is 440 g/mol. The number of carbonyl (C=O) groups is 2. The third-order valence-electron chi connectivity index (χ3n) is 5.77. The molecule has 2 aromatic rings. The van der Waals surface area contributed by atoms with E-state index in [1.165, 1.54) is 0 Å². The molecule has 1 heterocycles. The maximum absolute atomic E-state index is 13.0. The van der Waals surface area contributed by atoms with Crippen LogP contribution in [0.1, 0.15) is 24.5 Å². The third-order valence-corrected chi connectivity index (χ3v) is 6.01. The summed E-state index contributed by atoms with van der Waals surface area (Å²) in [6.45, 7) is 6.34. The summed E-state index contributed by atoms with van der Waals surface area (Å²) in [6.07, 6.45) is 2.70. The van der Waals surface area contributed by atoms with Crippen molar-refractivity contribution in [1.82, 2.24) is 10.6 Å². The number of fused-ring (bicyclic) bond motifs is 1. The number of rotatable bonds is 7. The van der Waals surface area contributed by atoms with Gasteiger partial charge in [-0.2, -0.15) is 0 Å². The van der Waals surface area contributed by atoms with E-state index in [-0.39, 0.29) is 18.4 Å². The molecule has 1 fully saturated rings. The van der Waals surface area contributed by atoms with Crippen molar-refractivity contribution in [2.75, 3.05) is 6.61 Å². The van der Waals surface area contributed by atoms with E-state index < -0.39 is 17.6 Å². The first-order valence-electron chi connectivity index (χ1n) is 10.4. The average Bonchev–Trinajstić information content (AvgIpc) is 3.47. The molecule has 0 bridgehead atoms. The van der Waals surface area contributed by atoms with Gasteiger partial charge in [0, 0.05) is 17.5 Å². The van der Waals surface area contributed by atoms with Crippen LogP contribution in [0.4, 0.5) is 0 Å². The minimum atomic E-state index is -0.992. The van der Waals surface area contributed by atoms with Crippen LogP contribution in [0.25, 0.3) is 0 Å². The number of esters is 1. The molecule has 162 valence electrons. The summed E-state index contributed by atoms with van der Waals surface area (Å²) >= 11 is 6.03. The second-order valence-corrected chi connectivity index (χ2v) is 8.29. The first-order valence-corrected chi connectivity index (χ1v) is 10.7. The van der Waals surface area contributed by atoms with Crippen LogP contribution in [0.5, 0.6) is 11.5 Å². The van der Waals surface area contributed by atoms with Crippen molar-refractivity contribution in [2.24, 2.45) is 5.92 Å². The smallest absolute Gasteiger partial charge is 0.332 e. The number of benzene rings is 2. The Hall–Kier alpha value is -2.83. The average molecular weight is 441 g/mol. The number of halogens is 1. The summed E-state index contributed by atoms with van der Waals surface area (Å²) < 4.78 is 11.1. The second-order valence-electron chi connectivity index (χ2n) is 7.85. The Morgan fingerprint density at radius 3 is 2.77 bits per heavy atom. The van der Waals surface area contributed by atoms with Crippen molar-refractivity contribution in [3.63, 3.8) is 0 Å². The summed E-state index contributed by atoms with van der Waals surface area (Å²) in [5, 5.41) is 6.78. The molecule has 7 heteroatoms. The maximum Gasteiger partial charge on any atom is 0.332 e. The topological polar surface area (TPSA) is 76.7 Å². The summed E-state index contributed by atoms with van der Waals surface area (Å²) in [4.78, 5) is 25.4. The van der Waals surface area contributed by atoms with Crippen LogP contribution < -0.4 is 15.4 Å². The molecule has 2 aromatic carbocycles. The van der Waals surface area contributed by atoms with Crippen LogP contribution >= 0.6 is 11.6 Å². The molecule has 3 unspecified atom stereocenters. The molecule has 0 spiro atoms. The van der Waals surface area contributed by atoms with Gasteiger partial charge in [0.25, 0.3) is 0 Å². The minimum Gasteiger partial charge on any atom is -0.464 e. The van der Waals surface area contributed by atoms with Crippen LogP contribution in [0, 0.1) is 5.92 Å². The van der Waals surface area contributed by atoms with Crippen molar-refractivity contribution in [1.29, 1.82) is 0 Å². The third kappa shape index (κ3) is 4.45. The summed E-state index contributed by atoms with van der Waals surface area (Å²) in [7, 11) is 0. The van der Waals surface area contributed by atoms with Gasteiger partial charge >= 0.3 is 5.97 Å². The summed E-state index contributed by atoms with van der Waals surface area (Å²) in [5.41, 5.74) is 1.15. The number of nitrogens with one attached hydrogen (secondary N) is 2. The number of hydrogen-bond donors (Lipinski definition) is 2. The molecule has 3 atom stereocenters. The molecule has 31 heavy (non-hydrogen) atoms. The van der Waals surface area contributed by atoms with Gasteiger partial charge in [0.05, 0.1) is 12.6 Å². The van der Waals surface area contributed by atoms with Gasteiger partial charge in [-0.1, -0.05) is 29.8 Å². The first-order chi connectivity index (χ1) is 14.9. The molecule has 2 aliphatic rings. The Kier molecular flexibility index (Phi) is 6.03. The lowest BCUT2D eigenvalue weighted by molar-refractivity contribution is -0.149. The fraction of sp³-hybridized carbons (Fsp3) is 0.333. The fourth-order valence-electron chi connectivity index (χ4n) is 3.97. The predicted molar refractivity (Wildman–Crippen MR) is 118 cm³/mol. The van der Waals surface area contributed by atoms with Crippen LogP contribution in [0.3, 0.4) is 0 Å². The van der Waals surface area contributed by atoms with Gasteiger partial charge in [-0.15, -0.1) is 6.58 Å². The highest BCUT2D eigenvalue weighted by Gasteiger charge is 2.61. The van der Waals surface area contributed by atoms with Crippen LogP contribution in [0.15, 0.2) is 55.1 Å². The van der Waals surface area contributed by atoms with E-state index >= 15 is 0 Å². The zero-order chi connectivity index (χ0) is 22.0.